The Morgan fingerprint density at radius 3 is 2.55 bits per heavy atom. The molecule has 2 heterocycles. The molecule has 0 aliphatic carbocycles. The molecule has 22 heavy (non-hydrogen) atoms. The normalized spacial score (nSPS) is 16.1. The van der Waals surface area contributed by atoms with Crippen LogP contribution in [0.5, 0.6) is 0 Å². The smallest absolute Gasteiger partial charge is 0.191 e. The first-order valence-corrected chi connectivity index (χ1v) is 7.81. The van der Waals surface area contributed by atoms with Gasteiger partial charge in [0.25, 0.3) is 0 Å². The van der Waals surface area contributed by atoms with Gasteiger partial charge in [0.05, 0.1) is 19.8 Å². The third-order valence-corrected chi connectivity index (χ3v) is 3.46. The first-order chi connectivity index (χ1) is 10.4. The van der Waals surface area contributed by atoms with Crippen LogP contribution in [0.1, 0.15) is 6.92 Å². The number of nitrogens with one attached hydrogen (secondary N) is 2. The Morgan fingerprint density at radius 1 is 1.14 bits per heavy atom. The van der Waals surface area contributed by atoms with Gasteiger partial charge in [0.2, 0.25) is 0 Å². The Labute approximate surface area is 150 Å². The van der Waals surface area contributed by atoms with Crippen molar-refractivity contribution < 1.29 is 4.74 Å². The Kier molecular flexibility index (Phi) is 10.3. The van der Waals surface area contributed by atoms with Crippen molar-refractivity contribution >= 4 is 29.9 Å². The van der Waals surface area contributed by atoms with Crippen LogP contribution in [0.3, 0.4) is 0 Å². The maximum Gasteiger partial charge on any atom is 0.191 e. The van der Waals surface area contributed by atoms with E-state index in [1.165, 1.54) is 0 Å². The first kappa shape index (κ1) is 19.2. The molecule has 2 N–H and O–H groups in total. The monoisotopic (exact) mass is 421 g/mol. The minimum atomic E-state index is 0. The number of hydrogen-bond donors (Lipinski definition) is 2. The number of nitrogens with zero attached hydrogens (tertiary/aromatic N) is 3. The van der Waals surface area contributed by atoms with Gasteiger partial charge in [-0.15, -0.1) is 24.0 Å². The number of halogens is 1. The van der Waals surface area contributed by atoms with Gasteiger partial charge in [-0.05, 0) is 19.1 Å². The van der Waals surface area contributed by atoms with Crippen LogP contribution >= 0.6 is 24.0 Å². The molecular formula is C15H28IN5O. The fourth-order valence-corrected chi connectivity index (χ4v) is 2.29. The predicted octanol–water partition coefficient (Wildman–Crippen LogP) is 0.993. The van der Waals surface area contributed by atoms with E-state index in [9.17, 15) is 0 Å². The van der Waals surface area contributed by atoms with Crippen LogP contribution in [0.4, 0.5) is 0 Å². The molecule has 1 saturated heterocycles. The van der Waals surface area contributed by atoms with Gasteiger partial charge < -0.3 is 19.9 Å². The second-order valence-corrected chi connectivity index (χ2v) is 5.06. The van der Waals surface area contributed by atoms with Crippen LogP contribution in [0.15, 0.2) is 29.5 Å². The standard InChI is InChI=1S/C15H27N5O.HI/c1-2-16-15(17-5-9-19-7-3-4-8-19)18-6-10-20-11-13-21-14-12-20;/h3-4,7-8H,2,5-6,9-14H2,1H3,(H2,16,17,18);1H. The van der Waals surface area contributed by atoms with Gasteiger partial charge >= 0.3 is 0 Å². The van der Waals surface area contributed by atoms with Crippen molar-refractivity contribution in [3.8, 4) is 0 Å². The van der Waals surface area contributed by atoms with E-state index in [2.05, 4.69) is 44.4 Å². The summed E-state index contributed by atoms with van der Waals surface area (Å²) in [6.45, 7) is 10.3. The van der Waals surface area contributed by atoms with E-state index in [0.29, 0.717) is 0 Å². The lowest BCUT2D eigenvalue weighted by Gasteiger charge is -2.25. The second-order valence-electron chi connectivity index (χ2n) is 5.06. The molecule has 0 atom stereocenters. The number of morpholine rings is 1. The van der Waals surface area contributed by atoms with E-state index >= 15 is 0 Å². The van der Waals surface area contributed by atoms with Gasteiger partial charge in [-0.25, -0.2) is 0 Å². The molecule has 7 heteroatoms. The molecule has 0 radical (unpaired) electrons. The van der Waals surface area contributed by atoms with E-state index in [1.807, 2.05) is 12.1 Å². The zero-order valence-corrected chi connectivity index (χ0v) is 15.7. The van der Waals surface area contributed by atoms with Crippen LogP contribution in [0.2, 0.25) is 0 Å². The highest BCUT2D eigenvalue weighted by Crippen LogP contribution is 1.95. The highest BCUT2D eigenvalue weighted by Gasteiger charge is 2.09. The molecule has 1 aromatic heterocycles. The number of rotatable bonds is 7. The molecule has 1 fully saturated rings. The summed E-state index contributed by atoms with van der Waals surface area (Å²) in [4.78, 5) is 7.03. The van der Waals surface area contributed by atoms with Crippen LogP contribution < -0.4 is 10.6 Å². The Balaban J connectivity index is 0.00000242. The molecule has 1 aliphatic rings. The number of aliphatic imine (C=N–C) groups is 1. The van der Waals surface area contributed by atoms with Crippen LogP contribution in [0.25, 0.3) is 0 Å². The van der Waals surface area contributed by atoms with Crippen LogP contribution in [-0.2, 0) is 11.3 Å². The molecular weight excluding hydrogens is 393 g/mol. The Bertz CT molecular complexity index is 404. The molecule has 1 aliphatic heterocycles. The van der Waals surface area contributed by atoms with E-state index in [-0.39, 0.29) is 24.0 Å². The lowest BCUT2D eigenvalue weighted by molar-refractivity contribution is 0.0394. The van der Waals surface area contributed by atoms with Crippen molar-refractivity contribution in [1.82, 2.24) is 20.1 Å². The van der Waals surface area contributed by atoms with Crippen molar-refractivity contribution in [1.29, 1.82) is 0 Å². The lowest BCUT2D eigenvalue weighted by Crippen LogP contribution is -2.40. The summed E-state index contributed by atoms with van der Waals surface area (Å²) >= 11 is 0. The van der Waals surface area contributed by atoms with Crippen LogP contribution in [0, 0.1) is 0 Å². The predicted molar refractivity (Wildman–Crippen MR) is 101 cm³/mol. The van der Waals surface area contributed by atoms with Gasteiger partial charge in [-0.2, -0.15) is 0 Å². The molecule has 0 aromatic carbocycles. The summed E-state index contributed by atoms with van der Waals surface area (Å²) in [5, 5.41) is 6.66. The molecule has 1 aromatic rings. The van der Waals surface area contributed by atoms with Gasteiger partial charge in [0, 0.05) is 51.7 Å². The van der Waals surface area contributed by atoms with E-state index in [1.54, 1.807) is 0 Å². The Morgan fingerprint density at radius 2 is 1.86 bits per heavy atom. The summed E-state index contributed by atoms with van der Waals surface area (Å²) in [7, 11) is 0. The maximum absolute atomic E-state index is 5.35. The average Bonchev–Trinajstić information content (AvgIpc) is 3.02. The molecule has 0 amide bonds. The van der Waals surface area contributed by atoms with E-state index in [0.717, 1.165) is 65.0 Å². The number of guanidine groups is 1. The third kappa shape index (κ3) is 7.46. The van der Waals surface area contributed by atoms with Gasteiger partial charge in [0.15, 0.2) is 5.96 Å². The van der Waals surface area contributed by atoms with Crippen molar-refractivity contribution in [3.05, 3.63) is 24.5 Å². The summed E-state index contributed by atoms with van der Waals surface area (Å²) < 4.78 is 7.51. The highest BCUT2D eigenvalue weighted by atomic mass is 127. The molecule has 6 nitrogen and oxygen atoms in total. The number of aromatic nitrogens is 1. The zero-order valence-electron chi connectivity index (χ0n) is 13.3. The molecule has 0 unspecified atom stereocenters. The average molecular weight is 421 g/mol. The summed E-state index contributed by atoms with van der Waals surface area (Å²) in [6.07, 6.45) is 4.15. The minimum absolute atomic E-state index is 0. The van der Waals surface area contributed by atoms with Gasteiger partial charge in [0.1, 0.15) is 0 Å². The fourth-order valence-electron chi connectivity index (χ4n) is 2.29. The summed E-state index contributed by atoms with van der Waals surface area (Å²) in [5.74, 6) is 0.901. The van der Waals surface area contributed by atoms with Crippen molar-refractivity contribution in [2.24, 2.45) is 4.99 Å². The molecule has 2 rings (SSSR count). The fraction of sp³-hybridized carbons (Fsp3) is 0.667. The third-order valence-electron chi connectivity index (χ3n) is 3.46. The van der Waals surface area contributed by atoms with Crippen molar-refractivity contribution in [3.63, 3.8) is 0 Å². The quantitative estimate of drug-likeness (QED) is 0.392. The van der Waals surface area contributed by atoms with Gasteiger partial charge in [-0.1, -0.05) is 0 Å². The second kappa shape index (κ2) is 11.7. The number of hydrogen-bond acceptors (Lipinski definition) is 3. The lowest BCUT2D eigenvalue weighted by atomic mass is 10.4. The zero-order chi connectivity index (χ0) is 14.8. The first-order valence-electron chi connectivity index (χ1n) is 7.81. The van der Waals surface area contributed by atoms with Crippen molar-refractivity contribution in [2.45, 2.75) is 13.5 Å². The summed E-state index contributed by atoms with van der Waals surface area (Å²) in [6, 6.07) is 4.09. The molecule has 0 spiro atoms. The maximum atomic E-state index is 5.35. The minimum Gasteiger partial charge on any atom is -0.379 e. The van der Waals surface area contributed by atoms with Crippen molar-refractivity contribution in [2.75, 3.05) is 52.5 Å². The summed E-state index contributed by atoms with van der Waals surface area (Å²) in [5.41, 5.74) is 0. The largest absolute Gasteiger partial charge is 0.379 e. The van der Waals surface area contributed by atoms with Gasteiger partial charge in [-0.3, -0.25) is 9.89 Å². The molecule has 0 saturated carbocycles. The SMILES string of the molecule is CCNC(=NCCN1CCOCC1)NCCn1cccc1.I. The highest BCUT2D eigenvalue weighted by molar-refractivity contribution is 14.0. The van der Waals surface area contributed by atoms with E-state index < -0.39 is 0 Å². The van der Waals surface area contributed by atoms with Crippen LogP contribution in [-0.4, -0.2) is 67.9 Å². The number of ether oxygens (including phenoxy) is 1. The topological polar surface area (TPSA) is 53.8 Å². The molecule has 0 bridgehead atoms. The molecule has 126 valence electrons. The Hall–Kier alpha value is -0.800. The van der Waals surface area contributed by atoms with E-state index in [4.69, 9.17) is 4.74 Å².